The fourth-order valence-electron chi connectivity index (χ4n) is 1.42. The number of thiophene rings is 1. The molecule has 0 unspecified atom stereocenters. The Morgan fingerprint density at radius 2 is 2.21 bits per heavy atom. The number of rotatable bonds is 4. The third-order valence-electron chi connectivity index (χ3n) is 2.30. The van der Waals surface area contributed by atoms with Crippen molar-refractivity contribution in [2.75, 3.05) is 7.11 Å². The van der Waals surface area contributed by atoms with Crippen LogP contribution in [0.4, 0.5) is 11.4 Å². The Morgan fingerprint density at radius 1 is 1.42 bits per heavy atom. The highest BCUT2D eigenvalue weighted by Gasteiger charge is 2.10. The smallest absolute Gasteiger partial charge is 0.271 e. The van der Waals surface area contributed by atoms with Gasteiger partial charge in [-0.3, -0.25) is 15.1 Å². The minimum atomic E-state index is -0.458. The second-order valence-corrected chi connectivity index (χ2v) is 6.01. The van der Waals surface area contributed by atoms with Crippen LogP contribution in [0.1, 0.15) is 4.88 Å². The molecule has 0 fully saturated rings. The Kier molecular flexibility index (Phi) is 4.28. The molecule has 98 valence electrons. The molecule has 0 radical (unpaired) electrons. The van der Waals surface area contributed by atoms with Crippen molar-refractivity contribution in [3.05, 3.63) is 49.1 Å². The summed E-state index contributed by atoms with van der Waals surface area (Å²) in [5.74, 6) is 0.498. The van der Waals surface area contributed by atoms with Gasteiger partial charge in [-0.05, 0) is 34.1 Å². The summed E-state index contributed by atoms with van der Waals surface area (Å²) in [6.07, 6.45) is 1.65. The normalized spacial score (nSPS) is 10.8. The lowest BCUT2D eigenvalue weighted by Crippen LogP contribution is -1.89. The van der Waals surface area contributed by atoms with Gasteiger partial charge >= 0.3 is 0 Å². The molecule has 0 spiro atoms. The number of non-ortho nitro benzene ring substituents is 1. The van der Waals surface area contributed by atoms with Gasteiger partial charge in [0.15, 0.2) is 0 Å². The van der Waals surface area contributed by atoms with Crippen molar-refractivity contribution in [2.24, 2.45) is 4.99 Å². The van der Waals surface area contributed by atoms with Crippen molar-refractivity contribution in [1.29, 1.82) is 0 Å². The molecular weight excluding hydrogens is 332 g/mol. The highest BCUT2D eigenvalue weighted by molar-refractivity contribution is 9.11. The summed E-state index contributed by atoms with van der Waals surface area (Å²) < 4.78 is 6.13. The minimum Gasteiger partial charge on any atom is -0.494 e. The molecule has 2 rings (SSSR count). The molecule has 5 nitrogen and oxygen atoms in total. The van der Waals surface area contributed by atoms with Gasteiger partial charge in [-0.2, -0.15) is 0 Å². The van der Waals surface area contributed by atoms with E-state index < -0.39 is 4.92 Å². The van der Waals surface area contributed by atoms with Gasteiger partial charge in [-0.25, -0.2) is 0 Å². The Bertz CT molecular complexity index is 640. The van der Waals surface area contributed by atoms with Crippen molar-refractivity contribution in [2.45, 2.75) is 0 Å². The van der Waals surface area contributed by atoms with Crippen LogP contribution in [0.3, 0.4) is 0 Å². The van der Waals surface area contributed by atoms with Crippen LogP contribution in [0.15, 0.2) is 39.1 Å². The quantitative estimate of drug-likeness (QED) is 0.476. The molecule has 0 saturated heterocycles. The van der Waals surface area contributed by atoms with Crippen molar-refractivity contribution < 1.29 is 9.66 Å². The van der Waals surface area contributed by atoms with Crippen LogP contribution in [-0.4, -0.2) is 18.2 Å². The second kappa shape index (κ2) is 5.94. The molecule has 0 aliphatic rings. The highest BCUT2D eigenvalue weighted by Crippen LogP contribution is 2.31. The molecule has 0 aliphatic carbocycles. The van der Waals surface area contributed by atoms with Gasteiger partial charge in [0, 0.05) is 23.2 Å². The van der Waals surface area contributed by atoms with E-state index in [0.29, 0.717) is 11.4 Å². The van der Waals surface area contributed by atoms with Crippen molar-refractivity contribution in [3.8, 4) is 5.75 Å². The molecule has 0 bridgehead atoms. The maximum Gasteiger partial charge on any atom is 0.271 e. The molecule has 0 aliphatic heterocycles. The zero-order chi connectivity index (χ0) is 13.8. The molecule has 1 heterocycles. The topological polar surface area (TPSA) is 64.7 Å². The summed E-state index contributed by atoms with van der Waals surface area (Å²) in [5, 5.41) is 10.7. The molecule has 2 aromatic rings. The number of ether oxygens (including phenoxy) is 1. The molecule has 0 N–H and O–H groups in total. The molecule has 0 atom stereocenters. The molecule has 1 aromatic carbocycles. The van der Waals surface area contributed by atoms with E-state index in [9.17, 15) is 10.1 Å². The summed E-state index contributed by atoms with van der Waals surface area (Å²) in [4.78, 5) is 15.5. The first-order chi connectivity index (χ1) is 9.10. The summed E-state index contributed by atoms with van der Waals surface area (Å²) >= 11 is 4.88. The SMILES string of the molecule is COc1ccc([N+](=O)[O-])cc1N=Cc1ccc(Br)s1. The molecule has 0 saturated carbocycles. The minimum absolute atomic E-state index is 0.0136. The fraction of sp³-hybridized carbons (Fsp3) is 0.0833. The van der Waals surface area contributed by atoms with E-state index in [-0.39, 0.29) is 5.69 Å². The number of halogens is 1. The monoisotopic (exact) mass is 340 g/mol. The zero-order valence-corrected chi connectivity index (χ0v) is 12.3. The van der Waals surface area contributed by atoms with Crippen LogP contribution in [0.25, 0.3) is 0 Å². The molecule has 1 aromatic heterocycles. The van der Waals surface area contributed by atoms with E-state index in [4.69, 9.17) is 4.74 Å². The van der Waals surface area contributed by atoms with E-state index in [1.165, 1.54) is 36.6 Å². The van der Waals surface area contributed by atoms with Crippen LogP contribution < -0.4 is 4.74 Å². The summed E-state index contributed by atoms with van der Waals surface area (Å²) in [6, 6.07) is 8.13. The van der Waals surface area contributed by atoms with Gasteiger partial charge in [0.1, 0.15) is 11.4 Å². The summed E-state index contributed by atoms with van der Waals surface area (Å²) in [5.41, 5.74) is 0.418. The number of nitro groups is 1. The lowest BCUT2D eigenvalue weighted by molar-refractivity contribution is -0.384. The third kappa shape index (κ3) is 3.39. The average molecular weight is 341 g/mol. The van der Waals surface area contributed by atoms with Crippen molar-refractivity contribution in [3.63, 3.8) is 0 Å². The van der Waals surface area contributed by atoms with E-state index in [2.05, 4.69) is 20.9 Å². The predicted octanol–water partition coefficient (Wildman–Crippen LogP) is 4.18. The average Bonchev–Trinajstić information content (AvgIpc) is 2.81. The van der Waals surface area contributed by atoms with Gasteiger partial charge < -0.3 is 4.74 Å². The molecular formula is C12H9BrN2O3S. The van der Waals surface area contributed by atoms with Gasteiger partial charge in [-0.1, -0.05) is 0 Å². The number of aliphatic imine (C=N–C) groups is 1. The van der Waals surface area contributed by atoms with E-state index in [1.807, 2.05) is 12.1 Å². The first kappa shape index (κ1) is 13.7. The fourth-order valence-corrected chi connectivity index (χ4v) is 2.72. The maximum absolute atomic E-state index is 10.7. The van der Waals surface area contributed by atoms with Gasteiger partial charge in [0.2, 0.25) is 0 Å². The maximum atomic E-state index is 10.7. The lowest BCUT2D eigenvalue weighted by atomic mass is 10.2. The van der Waals surface area contributed by atoms with E-state index >= 15 is 0 Å². The first-order valence-corrected chi connectivity index (χ1v) is 6.83. The van der Waals surface area contributed by atoms with Crippen LogP contribution in [0, 0.1) is 10.1 Å². The standard InChI is InChI=1S/C12H9BrN2O3S/c1-18-11-4-2-8(15(16)17)6-10(11)14-7-9-3-5-12(13)19-9/h2-7H,1H3. The van der Waals surface area contributed by atoms with Crippen molar-refractivity contribution in [1.82, 2.24) is 0 Å². The van der Waals surface area contributed by atoms with Crippen LogP contribution in [0.2, 0.25) is 0 Å². The zero-order valence-electron chi connectivity index (χ0n) is 9.87. The number of nitro benzene ring substituents is 1. The number of methoxy groups -OCH3 is 1. The third-order valence-corrected chi connectivity index (χ3v) is 3.86. The van der Waals surface area contributed by atoms with Gasteiger partial charge in [-0.15, -0.1) is 11.3 Å². The van der Waals surface area contributed by atoms with Crippen LogP contribution in [-0.2, 0) is 0 Å². The van der Waals surface area contributed by atoms with Gasteiger partial charge in [0.25, 0.3) is 5.69 Å². The van der Waals surface area contributed by atoms with E-state index in [0.717, 1.165) is 8.66 Å². The van der Waals surface area contributed by atoms with Crippen molar-refractivity contribution >= 4 is 44.9 Å². The second-order valence-electron chi connectivity index (χ2n) is 3.51. The van der Waals surface area contributed by atoms with Crippen LogP contribution in [0.5, 0.6) is 5.75 Å². The molecule has 19 heavy (non-hydrogen) atoms. The first-order valence-electron chi connectivity index (χ1n) is 5.22. The molecule has 7 heteroatoms. The largest absolute Gasteiger partial charge is 0.494 e. The summed E-state index contributed by atoms with van der Waals surface area (Å²) in [6.45, 7) is 0. The Labute approximate surface area is 121 Å². The lowest BCUT2D eigenvalue weighted by Gasteiger charge is -2.03. The Morgan fingerprint density at radius 3 is 2.79 bits per heavy atom. The Balaban J connectivity index is 2.34. The summed E-state index contributed by atoms with van der Waals surface area (Å²) in [7, 11) is 1.50. The van der Waals surface area contributed by atoms with Gasteiger partial charge in [0.05, 0.1) is 15.8 Å². The van der Waals surface area contributed by atoms with Crippen LogP contribution >= 0.6 is 27.3 Å². The van der Waals surface area contributed by atoms with E-state index in [1.54, 1.807) is 6.21 Å². The number of hydrogen-bond donors (Lipinski definition) is 0. The highest BCUT2D eigenvalue weighted by atomic mass is 79.9. The number of benzene rings is 1. The predicted molar refractivity (Wildman–Crippen MR) is 78.9 cm³/mol. The Hall–Kier alpha value is -1.73. The molecule has 0 amide bonds. The number of hydrogen-bond acceptors (Lipinski definition) is 5. The number of nitrogens with zero attached hydrogens (tertiary/aromatic N) is 2.